The Balaban J connectivity index is 1.57. The highest BCUT2D eigenvalue weighted by Crippen LogP contribution is 2.23. The number of rotatable bonds is 6. The van der Waals surface area contributed by atoms with Gasteiger partial charge in [0, 0.05) is 24.3 Å². The van der Waals surface area contributed by atoms with Gasteiger partial charge in [-0.3, -0.25) is 19.3 Å². The van der Waals surface area contributed by atoms with Gasteiger partial charge in [0.2, 0.25) is 5.91 Å². The van der Waals surface area contributed by atoms with Crippen LogP contribution in [0.2, 0.25) is 0 Å². The number of piperidine rings is 1. The molecule has 164 valence electrons. The minimum atomic E-state index is -0.656. The smallest absolute Gasteiger partial charge is 0.296 e. The van der Waals surface area contributed by atoms with Gasteiger partial charge in [-0.25, -0.2) is 0 Å². The maximum absolute atomic E-state index is 12.5. The first-order chi connectivity index (χ1) is 14.6. The first kappa shape index (κ1) is 22.7. The number of carbonyl (C=O) groups excluding carboxylic acids is 3. The molecule has 1 fully saturated rings. The molecule has 1 unspecified atom stereocenters. The lowest BCUT2D eigenvalue weighted by molar-refractivity contribution is -0.123. The fourth-order valence-electron chi connectivity index (χ4n) is 3.82. The average molecular weight is 422 g/mol. The molecule has 3 N–H and O–H groups in total. The standard InChI is InChI=1S/C25H31N3O3/c1-25(2,3)20-10-8-18(9-11-20)22(29)24(31)27-21-12-6-17(7-13-21)15-28-14-4-5-19(16-28)23(26)30/h6-13,19H,4-5,14-16H2,1-3H3,(H2,26,30)(H,27,31). The molecule has 0 aromatic heterocycles. The third-order valence-corrected chi connectivity index (χ3v) is 5.75. The second kappa shape index (κ2) is 9.43. The van der Waals surface area contributed by atoms with Gasteiger partial charge in [-0.15, -0.1) is 0 Å². The Hall–Kier alpha value is -2.99. The molecule has 1 saturated heterocycles. The maximum atomic E-state index is 12.5. The summed E-state index contributed by atoms with van der Waals surface area (Å²) in [7, 11) is 0. The van der Waals surface area contributed by atoms with E-state index in [9.17, 15) is 14.4 Å². The van der Waals surface area contributed by atoms with Gasteiger partial charge in [-0.2, -0.15) is 0 Å². The van der Waals surface area contributed by atoms with Crippen LogP contribution in [0.5, 0.6) is 0 Å². The van der Waals surface area contributed by atoms with Crippen LogP contribution < -0.4 is 11.1 Å². The van der Waals surface area contributed by atoms with Crippen molar-refractivity contribution in [3.8, 4) is 0 Å². The Morgan fingerprint density at radius 2 is 1.68 bits per heavy atom. The number of carbonyl (C=O) groups is 3. The number of nitrogens with zero attached hydrogens (tertiary/aromatic N) is 1. The van der Waals surface area contributed by atoms with Crippen molar-refractivity contribution < 1.29 is 14.4 Å². The molecule has 0 aliphatic carbocycles. The van der Waals surface area contributed by atoms with Gasteiger partial charge in [0.05, 0.1) is 5.92 Å². The van der Waals surface area contributed by atoms with Crippen LogP contribution in [0.4, 0.5) is 5.69 Å². The second-order valence-electron chi connectivity index (χ2n) is 9.28. The number of hydrogen-bond donors (Lipinski definition) is 2. The molecule has 2 aromatic rings. The highest BCUT2D eigenvalue weighted by Gasteiger charge is 2.24. The fourth-order valence-corrected chi connectivity index (χ4v) is 3.82. The molecule has 0 bridgehead atoms. The number of ketones is 1. The molecule has 2 amide bonds. The number of nitrogens with two attached hydrogens (primary N) is 1. The van der Waals surface area contributed by atoms with Gasteiger partial charge in [-0.05, 0) is 48.1 Å². The van der Waals surface area contributed by atoms with E-state index in [1.807, 2.05) is 24.3 Å². The molecule has 31 heavy (non-hydrogen) atoms. The van der Waals surface area contributed by atoms with Crippen molar-refractivity contribution in [3.05, 3.63) is 65.2 Å². The summed E-state index contributed by atoms with van der Waals surface area (Å²) >= 11 is 0. The Morgan fingerprint density at radius 1 is 1.03 bits per heavy atom. The summed E-state index contributed by atoms with van der Waals surface area (Å²) in [5.41, 5.74) is 8.56. The summed E-state index contributed by atoms with van der Waals surface area (Å²) in [5.74, 6) is -1.54. The van der Waals surface area contributed by atoms with Crippen LogP contribution >= 0.6 is 0 Å². The fraction of sp³-hybridized carbons (Fsp3) is 0.400. The molecule has 1 heterocycles. The van der Waals surface area contributed by atoms with Crippen LogP contribution in [0, 0.1) is 5.92 Å². The van der Waals surface area contributed by atoms with Gasteiger partial charge < -0.3 is 11.1 Å². The van der Waals surface area contributed by atoms with Crippen LogP contribution in [-0.2, 0) is 21.5 Å². The van der Waals surface area contributed by atoms with Crippen molar-refractivity contribution in [2.75, 3.05) is 18.4 Å². The molecular weight excluding hydrogens is 390 g/mol. The molecular formula is C25H31N3O3. The van der Waals surface area contributed by atoms with E-state index in [4.69, 9.17) is 5.73 Å². The maximum Gasteiger partial charge on any atom is 0.296 e. The van der Waals surface area contributed by atoms with E-state index >= 15 is 0 Å². The zero-order valence-electron chi connectivity index (χ0n) is 18.5. The van der Waals surface area contributed by atoms with Crippen molar-refractivity contribution in [2.45, 2.75) is 45.6 Å². The van der Waals surface area contributed by atoms with E-state index < -0.39 is 11.7 Å². The van der Waals surface area contributed by atoms with Crippen molar-refractivity contribution in [1.29, 1.82) is 0 Å². The monoisotopic (exact) mass is 421 g/mol. The van der Waals surface area contributed by atoms with Crippen molar-refractivity contribution in [2.24, 2.45) is 11.7 Å². The number of amides is 2. The predicted octanol–water partition coefficient (Wildman–Crippen LogP) is 3.50. The van der Waals surface area contributed by atoms with Crippen LogP contribution in [0.3, 0.4) is 0 Å². The first-order valence-electron chi connectivity index (χ1n) is 10.7. The zero-order chi connectivity index (χ0) is 22.6. The lowest BCUT2D eigenvalue weighted by Crippen LogP contribution is -2.40. The lowest BCUT2D eigenvalue weighted by atomic mass is 9.86. The third-order valence-electron chi connectivity index (χ3n) is 5.75. The molecule has 6 heteroatoms. The second-order valence-corrected chi connectivity index (χ2v) is 9.28. The number of primary amides is 1. The van der Waals surface area contributed by atoms with Crippen LogP contribution in [0.15, 0.2) is 48.5 Å². The average Bonchev–Trinajstić information content (AvgIpc) is 2.74. The van der Waals surface area contributed by atoms with Gasteiger partial charge >= 0.3 is 0 Å². The molecule has 1 atom stereocenters. The minimum Gasteiger partial charge on any atom is -0.369 e. The van der Waals surface area contributed by atoms with Gasteiger partial charge in [0.15, 0.2) is 0 Å². The van der Waals surface area contributed by atoms with Gasteiger partial charge in [0.1, 0.15) is 0 Å². The normalized spacial score (nSPS) is 17.2. The van der Waals surface area contributed by atoms with Crippen molar-refractivity contribution >= 4 is 23.3 Å². The quantitative estimate of drug-likeness (QED) is 0.551. The molecule has 0 saturated carbocycles. The summed E-state index contributed by atoms with van der Waals surface area (Å²) in [5, 5.41) is 2.67. The first-order valence-corrected chi connectivity index (χ1v) is 10.7. The van der Waals surface area contributed by atoms with Crippen LogP contribution in [-0.4, -0.2) is 35.6 Å². The summed E-state index contributed by atoms with van der Waals surface area (Å²) in [6.07, 6.45) is 1.81. The minimum absolute atomic E-state index is 0.0134. The number of Topliss-reactive ketones (excluding diaryl/α,β-unsaturated/α-hetero) is 1. The summed E-state index contributed by atoms with van der Waals surface area (Å²) in [6, 6.07) is 14.6. The molecule has 1 aliphatic heterocycles. The van der Waals surface area contributed by atoms with Crippen molar-refractivity contribution in [1.82, 2.24) is 4.90 Å². The van der Waals surface area contributed by atoms with E-state index in [-0.39, 0.29) is 17.2 Å². The topological polar surface area (TPSA) is 92.5 Å². The van der Waals surface area contributed by atoms with E-state index in [0.29, 0.717) is 17.8 Å². The Kier molecular flexibility index (Phi) is 6.91. The molecule has 3 rings (SSSR count). The summed E-state index contributed by atoms with van der Waals surface area (Å²) in [4.78, 5) is 38.5. The number of benzene rings is 2. The number of likely N-dealkylation sites (tertiary alicyclic amines) is 1. The van der Waals surface area contributed by atoms with E-state index in [1.54, 1.807) is 24.3 Å². The molecule has 2 aromatic carbocycles. The SMILES string of the molecule is CC(C)(C)c1ccc(C(=O)C(=O)Nc2ccc(CN3CCCC(C(N)=O)C3)cc2)cc1. The molecule has 1 aliphatic rings. The number of anilines is 1. The van der Waals surface area contributed by atoms with E-state index in [2.05, 4.69) is 31.0 Å². The Labute approximate surface area is 183 Å². The third kappa shape index (κ3) is 6.01. The van der Waals surface area contributed by atoms with Crippen LogP contribution in [0.25, 0.3) is 0 Å². The number of nitrogens with one attached hydrogen (secondary N) is 1. The van der Waals surface area contributed by atoms with Crippen molar-refractivity contribution in [3.63, 3.8) is 0 Å². The Morgan fingerprint density at radius 3 is 2.26 bits per heavy atom. The van der Waals surface area contributed by atoms with Gasteiger partial charge in [0.25, 0.3) is 11.7 Å². The highest BCUT2D eigenvalue weighted by molar-refractivity contribution is 6.46. The highest BCUT2D eigenvalue weighted by atomic mass is 16.2. The zero-order valence-corrected chi connectivity index (χ0v) is 18.5. The number of hydrogen-bond acceptors (Lipinski definition) is 4. The molecule has 0 spiro atoms. The molecule has 6 nitrogen and oxygen atoms in total. The lowest BCUT2D eigenvalue weighted by Gasteiger charge is -2.31. The molecule has 0 radical (unpaired) electrons. The van der Waals surface area contributed by atoms with Gasteiger partial charge in [-0.1, -0.05) is 57.2 Å². The summed E-state index contributed by atoms with van der Waals surface area (Å²) in [6.45, 7) is 8.63. The van der Waals surface area contributed by atoms with E-state index in [1.165, 1.54) is 0 Å². The van der Waals surface area contributed by atoms with E-state index in [0.717, 1.165) is 37.1 Å². The Bertz CT molecular complexity index is 943. The predicted molar refractivity (Wildman–Crippen MR) is 122 cm³/mol. The largest absolute Gasteiger partial charge is 0.369 e. The van der Waals surface area contributed by atoms with Crippen LogP contribution in [0.1, 0.15) is 55.1 Å². The summed E-state index contributed by atoms with van der Waals surface area (Å²) < 4.78 is 0.